The highest BCUT2D eigenvalue weighted by Gasteiger charge is 1.97. The lowest BCUT2D eigenvalue weighted by atomic mass is 10.2. The van der Waals surface area contributed by atoms with Crippen molar-refractivity contribution in [1.29, 1.82) is 0 Å². The van der Waals surface area contributed by atoms with Gasteiger partial charge < -0.3 is 10.5 Å². The lowest BCUT2D eigenvalue weighted by Crippen LogP contribution is -2.08. The molecule has 0 fully saturated rings. The third-order valence-electron chi connectivity index (χ3n) is 2.16. The molecule has 0 atom stereocenters. The molecule has 0 aromatic heterocycles. The van der Waals surface area contributed by atoms with Crippen LogP contribution in [0.3, 0.4) is 0 Å². The Labute approximate surface area is 96.4 Å². The Kier molecular flexibility index (Phi) is 5.12. The van der Waals surface area contributed by atoms with Crippen LogP contribution in [0.4, 0.5) is 0 Å². The third kappa shape index (κ3) is 4.30. The average Bonchev–Trinajstić information content (AvgIpc) is 2.25. The highest BCUT2D eigenvalue weighted by Crippen LogP contribution is 2.12. The maximum atomic E-state index is 5.56. The molecule has 0 aliphatic heterocycles. The molecule has 0 aliphatic rings. The number of thiocarbonyl (C=S) groups is 1. The Morgan fingerprint density at radius 3 is 2.47 bits per heavy atom. The first kappa shape index (κ1) is 12.0. The zero-order valence-electron chi connectivity index (χ0n) is 9.03. The first-order valence-electron chi connectivity index (χ1n) is 5.26. The van der Waals surface area contributed by atoms with Gasteiger partial charge in [0.05, 0.1) is 6.61 Å². The molecule has 0 amide bonds. The van der Waals surface area contributed by atoms with Gasteiger partial charge in [0.25, 0.3) is 0 Å². The molecule has 0 saturated carbocycles. The Balaban J connectivity index is 2.39. The molecule has 2 nitrogen and oxygen atoms in total. The predicted molar refractivity (Wildman–Crippen MR) is 67.3 cm³/mol. The van der Waals surface area contributed by atoms with Gasteiger partial charge in [-0.2, -0.15) is 0 Å². The average molecular weight is 223 g/mol. The quantitative estimate of drug-likeness (QED) is 0.595. The van der Waals surface area contributed by atoms with E-state index in [1.54, 1.807) is 0 Å². The monoisotopic (exact) mass is 223 g/mol. The molecule has 0 radical (unpaired) electrons. The van der Waals surface area contributed by atoms with Crippen molar-refractivity contribution in [3.05, 3.63) is 29.8 Å². The fourth-order valence-corrected chi connectivity index (χ4v) is 1.39. The van der Waals surface area contributed by atoms with Gasteiger partial charge in [-0.3, -0.25) is 0 Å². The molecular weight excluding hydrogens is 206 g/mol. The van der Waals surface area contributed by atoms with E-state index in [1.807, 2.05) is 24.3 Å². The molecule has 1 aromatic carbocycles. The second kappa shape index (κ2) is 6.40. The van der Waals surface area contributed by atoms with Gasteiger partial charge in [-0.15, -0.1) is 0 Å². The summed E-state index contributed by atoms with van der Waals surface area (Å²) in [5, 5.41) is 0. The summed E-state index contributed by atoms with van der Waals surface area (Å²) in [6, 6.07) is 7.58. The van der Waals surface area contributed by atoms with E-state index in [0.29, 0.717) is 4.99 Å². The maximum absolute atomic E-state index is 5.56. The Bertz CT molecular complexity index is 308. The van der Waals surface area contributed by atoms with Crippen molar-refractivity contribution in [2.24, 2.45) is 5.73 Å². The first-order valence-corrected chi connectivity index (χ1v) is 5.67. The molecule has 0 saturated heterocycles. The summed E-state index contributed by atoms with van der Waals surface area (Å²) in [6.45, 7) is 2.96. The van der Waals surface area contributed by atoms with Gasteiger partial charge in [-0.25, -0.2) is 0 Å². The molecule has 2 N–H and O–H groups in total. The molecular formula is C12H17NOS. The second-order valence-electron chi connectivity index (χ2n) is 3.44. The molecule has 15 heavy (non-hydrogen) atoms. The first-order chi connectivity index (χ1) is 7.24. The summed E-state index contributed by atoms with van der Waals surface area (Å²) < 4.78 is 5.56. The Hall–Kier alpha value is -1.09. The summed E-state index contributed by atoms with van der Waals surface area (Å²) in [5.41, 5.74) is 6.37. The van der Waals surface area contributed by atoms with Crippen LogP contribution in [0.5, 0.6) is 5.75 Å². The summed E-state index contributed by atoms with van der Waals surface area (Å²) in [4.78, 5) is 0.424. The highest BCUT2D eigenvalue weighted by molar-refractivity contribution is 7.80. The number of nitrogens with two attached hydrogens (primary N) is 1. The largest absolute Gasteiger partial charge is 0.494 e. The van der Waals surface area contributed by atoms with E-state index in [1.165, 1.54) is 12.8 Å². The van der Waals surface area contributed by atoms with E-state index >= 15 is 0 Å². The van der Waals surface area contributed by atoms with Crippen LogP contribution in [0.15, 0.2) is 24.3 Å². The minimum absolute atomic E-state index is 0.424. The molecule has 1 aromatic rings. The molecule has 0 spiro atoms. The van der Waals surface area contributed by atoms with Crippen molar-refractivity contribution in [2.45, 2.75) is 26.2 Å². The molecule has 0 unspecified atom stereocenters. The summed E-state index contributed by atoms with van der Waals surface area (Å²) in [6.07, 6.45) is 3.53. The van der Waals surface area contributed by atoms with E-state index in [2.05, 4.69) is 6.92 Å². The van der Waals surface area contributed by atoms with Crippen molar-refractivity contribution in [3.8, 4) is 5.75 Å². The van der Waals surface area contributed by atoms with Gasteiger partial charge in [0.2, 0.25) is 0 Å². The number of benzene rings is 1. The minimum atomic E-state index is 0.424. The van der Waals surface area contributed by atoms with Crippen LogP contribution in [0.25, 0.3) is 0 Å². The zero-order valence-corrected chi connectivity index (χ0v) is 9.85. The van der Waals surface area contributed by atoms with Crippen LogP contribution in [0.2, 0.25) is 0 Å². The fraction of sp³-hybridized carbons (Fsp3) is 0.417. The van der Waals surface area contributed by atoms with Crippen molar-refractivity contribution in [1.82, 2.24) is 0 Å². The van der Waals surface area contributed by atoms with Crippen LogP contribution in [0, 0.1) is 0 Å². The maximum Gasteiger partial charge on any atom is 0.119 e. The number of ether oxygens (including phenoxy) is 1. The molecule has 82 valence electrons. The Morgan fingerprint density at radius 1 is 1.27 bits per heavy atom. The number of unbranched alkanes of at least 4 members (excludes halogenated alkanes) is 2. The van der Waals surface area contributed by atoms with E-state index in [9.17, 15) is 0 Å². The topological polar surface area (TPSA) is 35.2 Å². The van der Waals surface area contributed by atoms with Crippen LogP contribution in [0.1, 0.15) is 31.7 Å². The minimum Gasteiger partial charge on any atom is -0.494 e. The van der Waals surface area contributed by atoms with Crippen molar-refractivity contribution >= 4 is 17.2 Å². The van der Waals surface area contributed by atoms with E-state index in [-0.39, 0.29) is 0 Å². The van der Waals surface area contributed by atoms with Gasteiger partial charge in [0, 0.05) is 5.56 Å². The SMILES string of the molecule is CCCCCOc1ccc(C(N)=S)cc1. The smallest absolute Gasteiger partial charge is 0.119 e. The molecule has 0 bridgehead atoms. The van der Waals surface area contributed by atoms with E-state index < -0.39 is 0 Å². The van der Waals surface area contributed by atoms with Gasteiger partial charge in [0.1, 0.15) is 10.7 Å². The van der Waals surface area contributed by atoms with Gasteiger partial charge in [-0.05, 0) is 30.7 Å². The lowest BCUT2D eigenvalue weighted by molar-refractivity contribution is 0.306. The summed E-state index contributed by atoms with van der Waals surface area (Å²) in [7, 11) is 0. The number of hydrogen-bond donors (Lipinski definition) is 1. The highest BCUT2D eigenvalue weighted by atomic mass is 32.1. The van der Waals surface area contributed by atoms with Crippen LogP contribution in [-0.4, -0.2) is 11.6 Å². The zero-order chi connectivity index (χ0) is 11.1. The predicted octanol–water partition coefficient (Wildman–Crippen LogP) is 2.89. The van der Waals surface area contributed by atoms with Crippen molar-refractivity contribution < 1.29 is 4.74 Å². The molecule has 0 aliphatic carbocycles. The van der Waals surface area contributed by atoms with Crippen molar-refractivity contribution in [2.75, 3.05) is 6.61 Å². The van der Waals surface area contributed by atoms with Gasteiger partial charge in [-0.1, -0.05) is 32.0 Å². The summed E-state index contributed by atoms with van der Waals surface area (Å²) >= 11 is 4.86. The van der Waals surface area contributed by atoms with Gasteiger partial charge in [0.15, 0.2) is 0 Å². The lowest BCUT2D eigenvalue weighted by Gasteiger charge is -2.06. The van der Waals surface area contributed by atoms with E-state index in [4.69, 9.17) is 22.7 Å². The third-order valence-corrected chi connectivity index (χ3v) is 2.39. The molecule has 1 rings (SSSR count). The van der Waals surface area contributed by atoms with Crippen LogP contribution in [-0.2, 0) is 0 Å². The van der Waals surface area contributed by atoms with Crippen LogP contribution < -0.4 is 10.5 Å². The number of hydrogen-bond acceptors (Lipinski definition) is 2. The van der Waals surface area contributed by atoms with Gasteiger partial charge >= 0.3 is 0 Å². The second-order valence-corrected chi connectivity index (χ2v) is 3.88. The molecule has 0 heterocycles. The standard InChI is InChI=1S/C12H17NOS/c1-2-3-4-9-14-11-7-5-10(6-8-11)12(13)15/h5-8H,2-4,9H2,1H3,(H2,13,15). The Morgan fingerprint density at radius 2 is 1.93 bits per heavy atom. The molecule has 3 heteroatoms. The van der Waals surface area contributed by atoms with Crippen molar-refractivity contribution in [3.63, 3.8) is 0 Å². The number of rotatable bonds is 6. The fourth-order valence-electron chi connectivity index (χ4n) is 1.26. The normalized spacial score (nSPS) is 9.93. The van der Waals surface area contributed by atoms with Crippen LogP contribution >= 0.6 is 12.2 Å². The van der Waals surface area contributed by atoms with E-state index in [0.717, 1.165) is 24.3 Å². The summed E-state index contributed by atoms with van der Waals surface area (Å²) in [5.74, 6) is 0.881.